The molecule has 50 heavy (non-hydrogen) atoms. The van der Waals surface area contributed by atoms with Crippen molar-refractivity contribution in [3.8, 4) is 0 Å². The molecule has 1 aliphatic rings. The van der Waals surface area contributed by atoms with E-state index in [0.29, 0.717) is 44.8 Å². The van der Waals surface area contributed by atoms with Crippen molar-refractivity contribution in [2.75, 3.05) is 7.05 Å². The molecule has 278 valence electrons. The summed E-state index contributed by atoms with van der Waals surface area (Å²) < 4.78 is 1.70. The maximum Gasteiger partial charge on any atom is 0.326 e. The molecule has 2 unspecified atom stereocenters. The summed E-state index contributed by atoms with van der Waals surface area (Å²) in [6, 6.07) is -3.67. The highest BCUT2D eigenvalue weighted by molar-refractivity contribution is 5.93. The van der Waals surface area contributed by atoms with Gasteiger partial charge in [-0.2, -0.15) is 0 Å². The van der Waals surface area contributed by atoms with Gasteiger partial charge in [0, 0.05) is 45.2 Å². The maximum atomic E-state index is 13.1. The third-order valence-electron chi connectivity index (χ3n) is 8.12. The van der Waals surface area contributed by atoms with Gasteiger partial charge in [0.25, 0.3) is 0 Å². The van der Waals surface area contributed by atoms with Crippen molar-refractivity contribution < 1.29 is 39.0 Å². The van der Waals surface area contributed by atoms with Gasteiger partial charge < -0.3 is 36.8 Å². The molecule has 0 aliphatic heterocycles. The van der Waals surface area contributed by atoms with Gasteiger partial charge in [0.05, 0.1) is 12.1 Å². The number of aromatic nitrogens is 3. The molecule has 1 aromatic heterocycles. The van der Waals surface area contributed by atoms with Crippen LogP contribution in [0.25, 0.3) is 0 Å². The second-order valence-electron chi connectivity index (χ2n) is 13.6. The first kappa shape index (κ1) is 41.6. The number of carbonyl (C=O) groups is 6. The van der Waals surface area contributed by atoms with Crippen LogP contribution in [0.5, 0.6) is 0 Å². The quantitative estimate of drug-likeness (QED) is 0.0809. The molecule has 7 N–H and O–H groups in total. The van der Waals surface area contributed by atoms with Crippen LogP contribution in [0.1, 0.15) is 97.6 Å². The highest BCUT2D eigenvalue weighted by Gasteiger charge is 2.30. The Morgan fingerprint density at radius 3 is 2.22 bits per heavy atom. The Morgan fingerprint density at radius 1 is 0.900 bits per heavy atom. The number of hydrogen-bond donors (Lipinski definition) is 7. The molecule has 0 saturated carbocycles. The van der Waals surface area contributed by atoms with E-state index in [-0.39, 0.29) is 24.7 Å². The number of unbranched alkanes of at least 4 members (excludes halogenated alkanes) is 1. The zero-order valence-corrected chi connectivity index (χ0v) is 29.8. The van der Waals surface area contributed by atoms with Gasteiger partial charge in [-0.15, -0.1) is 5.10 Å². The van der Waals surface area contributed by atoms with E-state index in [0.717, 1.165) is 17.7 Å². The Kier molecular flexibility index (Phi) is 17.3. The summed E-state index contributed by atoms with van der Waals surface area (Å²) in [6.45, 7) is 9.45. The monoisotopic (exact) mass is 702 g/mol. The van der Waals surface area contributed by atoms with Crippen LogP contribution < -0.4 is 26.6 Å². The normalized spacial score (nSPS) is 15.4. The minimum absolute atomic E-state index is 0.0761. The lowest BCUT2D eigenvalue weighted by Gasteiger charge is -2.23. The van der Waals surface area contributed by atoms with Crippen molar-refractivity contribution in [1.29, 1.82) is 0 Å². The summed E-state index contributed by atoms with van der Waals surface area (Å²) in [5.74, 6) is -5.38. The minimum Gasteiger partial charge on any atom is -0.481 e. The SMILES string of the molecule is CNC(=O)C(CCCCn1cc(CNC(C)C)nn1)NC(=O)CC(NC(=O)[C@H](CCC(=O)O)NC(=O)CCCC1=CCC(C)(C)C=C1)C(=O)O. The first-order valence-corrected chi connectivity index (χ1v) is 17.1. The van der Waals surface area contributed by atoms with E-state index in [1.807, 2.05) is 26.1 Å². The number of allylic oxidation sites excluding steroid dienone is 4. The van der Waals surface area contributed by atoms with Crippen LogP contribution in [0.4, 0.5) is 0 Å². The van der Waals surface area contributed by atoms with E-state index in [4.69, 9.17) is 5.11 Å². The number of aliphatic carboxylic acids is 2. The molecule has 1 heterocycles. The van der Waals surface area contributed by atoms with E-state index in [1.165, 1.54) is 7.05 Å². The lowest BCUT2D eigenvalue weighted by atomic mass is 9.83. The van der Waals surface area contributed by atoms with Gasteiger partial charge in [-0.1, -0.05) is 56.7 Å². The molecule has 0 aromatic carbocycles. The summed E-state index contributed by atoms with van der Waals surface area (Å²) in [6.07, 6.45) is 10.2. The van der Waals surface area contributed by atoms with Crippen LogP contribution >= 0.6 is 0 Å². The molecule has 1 aromatic rings. The number of aryl methyl sites for hydroxylation is 1. The van der Waals surface area contributed by atoms with E-state index < -0.39 is 66.5 Å². The highest BCUT2D eigenvalue weighted by atomic mass is 16.4. The van der Waals surface area contributed by atoms with Crippen LogP contribution in [-0.4, -0.2) is 92.0 Å². The fraction of sp³-hybridized carbons (Fsp3) is 0.647. The number of carboxylic acids is 2. The van der Waals surface area contributed by atoms with Crippen LogP contribution in [0.15, 0.2) is 30.0 Å². The Morgan fingerprint density at radius 2 is 1.60 bits per heavy atom. The first-order valence-electron chi connectivity index (χ1n) is 17.1. The largest absolute Gasteiger partial charge is 0.481 e. The molecule has 0 radical (unpaired) electrons. The van der Waals surface area contributed by atoms with Crippen LogP contribution in [0, 0.1) is 5.41 Å². The van der Waals surface area contributed by atoms with Crippen LogP contribution in [-0.2, 0) is 41.9 Å². The predicted molar refractivity (Wildman–Crippen MR) is 184 cm³/mol. The van der Waals surface area contributed by atoms with E-state index in [9.17, 15) is 33.9 Å². The first-order chi connectivity index (χ1) is 23.6. The average molecular weight is 703 g/mol. The van der Waals surface area contributed by atoms with Gasteiger partial charge >= 0.3 is 11.9 Å². The van der Waals surface area contributed by atoms with Crippen molar-refractivity contribution in [3.05, 3.63) is 35.7 Å². The molecule has 2 rings (SSSR count). The molecular formula is C34H54N8O8. The van der Waals surface area contributed by atoms with E-state index in [1.54, 1.807) is 4.68 Å². The highest BCUT2D eigenvalue weighted by Crippen LogP contribution is 2.29. The number of likely N-dealkylation sites (N-methyl/N-ethyl adjacent to an activating group) is 1. The lowest BCUT2D eigenvalue weighted by molar-refractivity contribution is -0.144. The van der Waals surface area contributed by atoms with Gasteiger partial charge in [0.1, 0.15) is 18.1 Å². The van der Waals surface area contributed by atoms with E-state index in [2.05, 4.69) is 62.9 Å². The molecule has 0 bridgehead atoms. The lowest BCUT2D eigenvalue weighted by Crippen LogP contribution is -2.53. The maximum absolute atomic E-state index is 13.1. The Balaban J connectivity index is 1.91. The number of hydrogen-bond acceptors (Lipinski definition) is 9. The summed E-state index contributed by atoms with van der Waals surface area (Å²) in [4.78, 5) is 74.4. The second-order valence-corrected chi connectivity index (χ2v) is 13.6. The molecule has 0 spiro atoms. The van der Waals surface area contributed by atoms with Crippen molar-refractivity contribution in [3.63, 3.8) is 0 Å². The standard InChI is InChI=1S/C34H54N8O8/c1-22(2)36-20-24-21-42(41-40-24)18-7-6-10-25(31(47)35-5)38-29(44)19-27(33(49)50)39-32(48)26(12-13-30(45)46)37-28(43)11-8-9-23-14-16-34(3,4)17-15-23/h14-16,21-22,25-27,36H,6-13,17-20H2,1-5H3,(H,35,47)(H,37,43)(H,38,44)(H,39,48)(H,45,46)(H,49,50)/t25?,26-,27?/m0/s1. The Bertz CT molecular complexity index is 1390. The van der Waals surface area contributed by atoms with Gasteiger partial charge in [-0.25, -0.2) is 4.79 Å². The van der Waals surface area contributed by atoms with Crippen LogP contribution in [0.2, 0.25) is 0 Å². The third-order valence-corrected chi connectivity index (χ3v) is 8.12. The second kappa shape index (κ2) is 20.8. The number of nitrogens with one attached hydrogen (secondary N) is 5. The molecule has 1 aliphatic carbocycles. The van der Waals surface area contributed by atoms with Gasteiger partial charge in [-0.05, 0) is 50.4 Å². The summed E-state index contributed by atoms with van der Waals surface area (Å²) >= 11 is 0. The molecule has 3 atom stereocenters. The van der Waals surface area contributed by atoms with Crippen molar-refractivity contribution in [2.45, 2.75) is 129 Å². The number of amides is 4. The van der Waals surface area contributed by atoms with Gasteiger partial charge in [-0.3, -0.25) is 28.7 Å². The smallest absolute Gasteiger partial charge is 0.326 e. The number of rotatable bonds is 23. The fourth-order valence-corrected chi connectivity index (χ4v) is 5.12. The number of carbonyl (C=O) groups excluding carboxylic acids is 4. The predicted octanol–water partition coefficient (Wildman–Crippen LogP) is 1.57. The Labute approximate surface area is 293 Å². The zero-order chi connectivity index (χ0) is 37.3. The Hall–Kier alpha value is -4.60. The zero-order valence-electron chi connectivity index (χ0n) is 29.8. The van der Waals surface area contributed by atoms with Crippen LogP contribution in [0.3, 0.4) is 0 Å². The van der Waals surface area contributed by atoms with Crippen molar-refractivity contribution >= 4 is 35.6 Å². The molecule has 4 amide bonds. The van der Waals surface area contributed by atoms with Gasteiger partial charge in [0.2, 0.25) is 23.6 Å². The number of nitrogens with zero attached hydrogens (tertiary/aromatic N) is 3. The number of carboxylic acid groups (broad SMARTS) is 2. The molecular weight excluding hydrogens is 648 g/mol. The molecule has 16 heteroatoms. The molecule has 0 fully saturated rings. The average Bonchev–Trinajstić information content (AvgIpc) is 3.51. The minimum atomic E-state index is -1.70. The molecule has 0 saturated heterocycles. The summed E-state index contributed by atoms with van der Waals surface area (Å²) in [5.41, 5.74) is 1.99. The van der Waals surface area contributed by atoms with Gasteiger partial charge in [0.15, 0.2) is 0 Å². The third kappa shape index (κ3) is 16.2. The summed E-state index contributed by atoms with van der Waals surface area (Å²) in [7, 11) is 1.42. The fourth-order valence-electron chi connectivity index (χ4n) is 5.12. The van der Waals surface area contributed by atoms with Crippen molar-refractivity contribution in [1.82, 2.24) is 41.6 Å². The van der Waals surface area contributed by atoms with E-state index >= 15 is 0 Å². The summed E-state index contributed by atoms with van der Waals surface area (Å²) in [5, 5.41) is 40.2. The van der Waals surface area contributed by atoms with Crippen molar-refractivity contribution in [2.24, 2.45) is 5.41 Å². The topological polar surface area (TPSA) is 234 Å². The molecule has 16 nitrogen and oxygen atoms in total.